The number of furan rings is 1. The Morgan fingerprint density at radius 2 is 0.757 bits per heavy atom. The van der Waals surface area contributed by atoms with E-state index in [2.05, 4.69) is 236 Å². The third-order valence-corrected chi connectivity index (χ3v) is 19.1. The normalized spacial score (nSPS) is 12.3. The van der Waals surface area contributed by atoms with Crippen molar-refractivity contribution in [1.82, 2.24) is 32.9 Å². The van der Waals surface area contributed by atoms with Gasteiger partial charge in [0.1, 0.15) is 22.8 Å². The number of fused-ring (bicyclic) bond motifs is 13. The summed E-state index contributed by atoms with van der Waals surface area (Å²) in [7, 11) is -2.95. The maximum Gasteiger partial charge on any atom is 0.221 e. The van der Waals surface area contributed by atoms with E-state index in [9.17, 15) is 0 Å². The predicted octanol–water partition coefficient (Wildman–Crippen LogP) is 11.5. The molecule has 15 aromatic rings. The molecule has 15 rings (SSSR count). The number of para-hydroxylation sites is 9. The molecule has 0 spiro atoms. The van der Waals surface area contributed by atoms with Crippen molar-refractivity contribution in [3.63, 3.8) is 0 Å². The molecule has 0 N–H and O–H groups in total. The third-order valence-electron chi connectivity index (χ3n) is 14.3. The Kier molecular flexibility index (Phi) is 8.22. The van der Waals surface area contributed by atoms with Gasteiger partial charge in [-0.1, -0.05) is 164 Å². The highest BCUT2D eigenvalue weighted by Gasteiger charge is 2.42. The number of hydrogen-bond donors (Lipinski definition) is 0. The van der Waals surface area contributed by atoms with Gasteiger partial charge in [-0.2, -0.15) is 0 Å². The van der Waals surface area contributed by atoms with Gasteiger partial charge in [0.25, 0.3) is 0 Å². The summed E-state index contributed by atoms with van der Waals surface area (Å²) in [5.41, 5.74) is 12.0. The molecular weight excluding hydrogens is 875 g/mol. The van der Waals surface area contributed by atoms with Crippen molar-refractivity contribution >= 4 is 106 Å². The molecular formula is C61H39N7OSi. The standard InChI is InChI=1S/C61H39N7OSi/c1-3-17-42(18-4-1)70(43-19-5-2-6-20-43,45-35-36-57-47(39-45)46-21-7-16-30-56(46)69-57)44-33-31-40(32-34-44)41-37-58(67-54-28-14-12-26-52(54)65-50-24-10-8-22-48(50)62-60(65)67)64-59(38-41)68-55-29-15-13-27-53(55)66-51-25-11-9-23-49(51)63-61(66)68/h1-39H. The minimum atomic E-state index is -2.95. The van der Waals surface area contributed by atoms with Crippen LogP contribution in [0.3, 0.4) is 0 Å². The second kappa shape index (κ2) is 14.8. The van der Waals surface area contributed by atoms with E-state index in [1.807, 2.05) is 18.2 Å². The Bertz CT molecular complexity index is 4340. The quantitative estimate of drug-likeness (QED) is 0.118. The van der Waals surface area contributed by atoms with Crippen molar-refractivity contribution in [3.8, 4) is 22.8 Å². The molecule has 0 saturated heterocycles. The van der Waals surface area contributed by atoms with E-state index in [0.717, 1.165) is 100 Å². The first-order valence-corrected chi connectivity index (χ1v) is 25.6. The minimum Gasteiger partial charge on any atom is -0.456 e. The molecule has 9 heteroatoms. The second-order valence-electron chi connectivity index (χ2n) is 18.1. The van der Waals surface area contributed by atoms with Crippen LogP contribution in [0.5, 0.6) is 0 Å². The van der Waals surface area contributed by atoms with Crippen molar-refractivity contribution < 1.29 is 4.42 Å². The maximum absolute atomic E-state index is 6.40. The van der Waals surface area contributed by atoms with Crippen LogP contribution in [-0.4, -0.2) is 41.0 Å². The van der Waals surface area contributed by atoms with Crippen LogP contribution in [0.25, 0.3) is 100 Å². The molecule has 6 aromatic heterocycles. The van der Waals surface area contributed by atoms with Crippen LogP contribution in [0.2, 0.25) is 0 Å². The highest BCUT2D eigenvalue weighted by atomic mass is 28.3. The summed E-state index contributed by atoms with van der Waals surface area (Å²) in [4.78, 5) is 16.2. The van der Waals surface area contributed by atoms with Gasteiger partial charge in [0, 0.05) is 10.8 Å². The summed E-state index contributed by atoms with van der Waals surface area (Å²) in [6, 6.07) is 84.9. The Labute approximate surface area is 401 Å². The second-order valence-corrected chi connectivity index (χ2v) is 21.9. The zero-order valence-corrected chi connectivity index (χ0v) is 38.6. The minimum absolute atomic E-state index is 0.753. The van der Waals surface area contributed by atoms with Crippen LogP contribution in [0.1, 0.15) is 0 Å². The molecule has 0 bridgehead atoms. The lowest BCUT2D eigenvalue weighted by molar-refractivity contribution is 0.669. The van der Waals surface area contributed by atoms with Crippen LogP contribution < -0.4 is 20.7 Å². The summed E-state index contributed by atoms with van der Waals surface area (Å²) in [6.07, 6.45) is 0. The fraction of sp³-hybridized carbons (Fsp3) is 0. The number of pyridine rings is 1. The number of hydrogen-bond acceptors (Lipinski definition) is 4. The topological polar surface area (TPSA) is 70.5 Å². The summed E-state index contributed by atoms with van der Waals surface area (Å²) in [6.45, 7) is 0. The summed E-state index contributed by atoms with van der Waals surface area (Å²) >= 11 is 0. The van der Waals surface area contributed by atoms with Gasteiger partial charge in [0.05, 0.1) is 44.1 Å². The van der Waals surface area contributed by atoms with E-state index in [-0.39, 0.29) is 0 Å². The first-order chi connectivity index (χ1) is 34.7. The highest BCUT2D eigenvalue weighted by molar-refractivity contribution is 7.20. The fourth-order valence-electron chi connectivity index (χ4n) is 11.3. The van der Waals surface area contributed by atoms with Gasteiger partial charge in [-0.05, 0) is 105 Å². The average molecular weight is 914 g/mol. The van der Waals surface area contributed by atoms with Crippen LogP contribution in [0, 0.1) is 0 Å². The molecule has 0 fully saturated rings. The van der Waals surface area contributed by atoms with E-state index in [1.54, 1.807) is 0 Å². The summed E-state index contributed by atoms with van der Waals surface area (Å²) in [5.74, 6) is 3.10. The Hall–Kier alpha value is -9.31. The summed E-state index contributed by atoms with van der Waals surface area (Å²) in [5, 5.41) is 7.42. The van der Waals surface area contributed by atoms with Crippen LogP contribution in [0.4, 0.5) is 0 Å². The Balaban J connectivity index is 0.994. The lowest BCUT2D eigenvalue weighted by Crippen LogP contribution is -2.74. The van der Waals surface area contributed by atoms with Gasteiger partial charge in [-0.15, -0.1) is 0 Å². The molecule has 0 aliphatic carbocycles. The van der Waals surface area contributed by atoms with Crippen molar-refractivity contribution in [3.05, 3.63) is 237 Å². The summed E-state index contributed by atoms with van der Waals surface area (Å²) < 4.78 is 15.3. The van der Waals surface area contributed by atoms with Gasteiger partial charge in [-0.25, -0.2) is 15.0 Å². The van der Waals surface area contributed by atoms with Crippen LogP contribution >= 0.6 is 0 Å². The van der Waals surface area contributed by atoms with Crippen molar-refractivity contribution in [2.24, 2.45) is 0 Å². The van der Waals surface area contributed by atoms with Gasteiger partial charge >= 0.3 is 0 Å². The third kappa shape index (κ3) is 5.49. The van der Waals surface area contributed by atoms with E-state index < -0.39 is 8.07 Å². The zero-order valence-electron chi connectivity index (χ0n) is 37.6. The number of benzene rings is 9. The molecule has 70 heavy (non-hydrogen) atoms. The first-order valence-electron chi connectivity index (χ1n) is 23.6. The monoisotopic (exact) mass is 913 g/mol. The molecule has 6 heterocycles. The van der Waals surface area contributed by atoms with Gasteiger partial charge in [0.2, 0.25) is 11.6 Å². The molecule has 0 atom stereocenters. The average Bonchev–Trinajstić information content (AvgIpc) is 4.23. The van der Waals surface area contributed by atoms with E-state index in [0.29, 0.717) is 0 Å². The SMILES string of the molecule is c1ccc([Si](c2ccccc2)(c2ccc(-c3cc(-n4c5ccccc5n5c6ccccc6nc45)nc(-n4c5ccccc5n5c6ccccc6nc45)c3)cc2)c2ccc3oc4ccccc4c3c2)cc1. The smallest absolute Gasteiger partial charge is 0.221 e. The lowest BCUT2D eigenvalue weighted by Gasteiger charge is -2.34. The highest BCUT2D eigenvalue weighted by Crippen LogP contribution is 2.35. The molecule has 0 unspecified atom stereocenters. The lowest BCUT2D eigenvalue weighted by atomic mass is 10.1. The number of nitrogens with zero attached hydrogens (tertiary/aromatic N) is 7. The number of imidazole rings is 4. The van der Waals surface area contributed by atoms with Crippen LogP contribution in [0.15, 0.2) is 241 Å². The number of rotatable bonds is 7. The van der Waals surface area contributed by atoms with Crippen LogP contribution in [-0.2, 0) is 0 Å². The molecule has 328 valence electrons. The predicted molar refractivity (Wildman–Crippen MR) is 287 cm³/mol. The van der Waals surface area contributed by atoms with Gasteiger partial charge < -0.3 is 4.42 Å². The molecule has 9 aromatic carbocycles. The molecule has 0 amide bonds. The van der Waals surface area contributed by atoms with E-state index in [1.165, 1.54) is 20.7 Å². The zero-order chi connectivity index (χ0) is 45.9. The number of aromatic nitrogens is 7. The molecule has 0 aliphatic rings. The van der Waals surface area contributed by atoms with Crippen molar-refractivity contribution in [1.29, 1.82) is 0 Å². The van der Waals surface area contributed by atoms with Crippen molar-refractivity contribution in [2.75, 3.05) is 0 Å². The Morgan fingerprint density at radius 1 is 0.314 bits per heavy atom. The van der Waals surface area contributed by atoms with E-state index >= 15 is 0 Å². The largest absolute Gasteiger partial charge is 0.456 e. The fourth-order valence-corrected chi connectivity index (χ4v) is 16.0. The Morgan fingerprint density at radius 3 is 1.33 bits per heavy atom. The maximum atomic E-state index is 6.40. The first kappa shape index (κ1) is 38.8. The van der Waals surface area contributed by atoms with Gasteiger partial charge in [-0.3, -0.25) is 17.9 Å². The van der Waals surface area contributed by atoms with E-state index in [4.69, 9.17) is 19.4 Å². The molecule has 0 radical (unpaired) electrons. The molecule has 0 saturated carbocycles. The molecule has 0 aliphatic heterocycles. The van der Waals surface area contributed by atoms with Crippen molar-refractivity contribution in [2.45, 2.75) is 0 Å². The van der Waals surface area contributed by atoms with Gasteiger partial charge in [0.15, 0.2) is 8.07 Å². The molecule has 8 nitrogen and oxygen atoms in total.